The maximum absolute atomic E-state index is 10.9. The van der Waals surface area contributed by atoms with E-state index in [-0.39, 0.29) is 18.6 Å². The van der Waals surface area contributed by atoms with Crippen LogP contribution in [0.4, 0.5) is 0 Å². The maximum Gasteiger partial charge on any atom is 0.499 e. The fraction of sp³-hybridized carbons (Fsp3) is 0.0625. The lowest BCUT2D eigenvalue weighted by Gasteiger charge is -1.90. The fourth-order valence-corrected chi connectivity index (χ4v) is 4.02. The molecule has 0 fully saturated rings. The largest absolute Gasteiger partial charge is 0.499 e. The summed E-state index contributed by atoms with van der Waals surface area (Å²) >= 11 is 10.1. The molecule has 0 saturated heterocycles. The number of carbonyl (C=O) groups is 1. The van der Waals surface area contributed by atoms with Crippen molar-refractivity contribution in [2.24, 2.45) is 0 Å². The molecule has 25 heavy (non-hydrogen) atoms. The summed E-state index contributed by atoms with van der Waals surface area (Å²) in [6, 6.07) is 17.5. The fourth-order valence-electron chi connectivity index (χ4n) is 2.19. The van der Waals surface area contributed by atoms with Gasteiger partial charge in [-0.3, -0.25) is 4.79 Å². The number of carbonyl (C=O) groups excluding carboxylic acids is 1. The number of fused-ring (bicyclic) bond motifs is 2. The van der Waals surface area contributed by atoms with Crippen molar-refractivity contribution >= 4 is 86.1 Å². The van der Waals surface area contributed by atoms with E-state index in [1.165, 1.54) is 28.7 Å². The second-order valence-electron chi connectivity index (χ2n) is 4.82. The van der Waals surface area contributed by atoms with Crippen molar-refractivity contribution < 1.29 is 14.8 Å². The normalized spacial score (nSPS) is 11.4. The van der Waals surface area contributed by atoms with Crippen molar-refractivity contribution in [1.29, 1.82) is 0 Å². The first-order valence-corrected chi connectivity index (χ1v) is 9.90. The molecule has 9 heteroatoms. The average Bonchev–Trinajstić information content (AvgIpc) is 3.19. The third-order valence-corrected chi connectivity index (χ3v) is 5.38. The van der Waals surface area contributed by atoms with Crippen LogP contribution in [0.3, 0.4) is 0 Å². The van der Waals surface area contributed by atoms with E-state index in [0.717, 1.165) is 15.0 Å². The van der Waals surface area contributed by atoms with Gasteiger partial charge in [0.1, 0.15) is 0 Å². The second kappa shape index (κ2) is 11.0. The van der Waals surface area contributed by atoms with E-state index in [0.29, 0.717) is 11.2 Å². The Balaban J connectivity index is 0.000000222. The molecule has 0 radical (unpaired) electrons. The molecule has 0 unspecified atom stereocenters. The van der Waals surface area contributed by atoms with Crippen LogP contribution in [-0.4, -0.2) is 22.3 Å². The van der Waals surface area contributed by atoms with Crippen LogP contribution in [0, 0.1) is 0 Å². The van der Waals surface area contributed by atoms with Gasteiger partial charge in [-0.25, -0.2) is 0 Å². The highest BCUT2D eigenvalue weighted by Crippen LogP contribution is 2.31. The minimum absolute atomic E-state index is 0. The molecule has 0 atom stereocenters. The molecule has 130 valence electrons. The quantitative estimate of drug-likeness (QED) is 0.584. The van der Waals surface area contributed by atoms with Crippen LogP contribution in [0.5, 0.6) is 0 Å². The van der Waals surface area contributed by atoms with Crippen molar-refractivity contribution in [3.63, 3.8) is 0 Å². The lowest BCUT2D eigenvalue weighted by molar-refractivity contribution is -0.110. The molecule has 1 aliphatic heterocycles. The zero-order valence-corrected chi connectivity index (χ0v) is 17.2. The highest BCUT2D eigenvalue weighted by atomic mass is 32.8. The summed E-state index contributed by atoms with van der Waals surface area (Å²) in [5, 5.41) is 19.1. The maximum atomic E-state index is 10.9. The van der Waals surface area contributed by atoms with Crippen molar-refractivity contribution in [2.45, 2.75) is 11.3 Å². The predicted molar refractivity (Wildman–Crippen MR) is 118 cm³/mol. The Hall–Kier alpha value is -0.805. The summed E-state index contributed by atoms with van der Waals surface area (Å²) in [6.45, 7) is 0. The molecule has 0 aliphatic carbocycles. The van der Waals surface area contributed by atoms with Crippen LogP contribution in [0.15, 0.2) is 59.5 Å². The van der Waals surface area contributed by atoms with Crippen LogP contribution in [-0.2, 0) is 33.6 Å². The first kappa shape index (κ1) is 22.2. The molecule has 4 rings (SSSR count). The molecule has 0 amide bonds. The molecule has 1 aromatic heterocycles. The Morgan fingerprint density at radius 1 is 1.00 bits per heavy atom. The van der Waals surface area contributed by atoms with E-state index >= 15 is 0 Å². The highest BCUT2D eigenvalue weighted by Gasteiger charge is 2.17. The Bertz CT molecular complexity index is 777. The predicted octanol–water partition coefficient (Wildman–Crippen LogP) is 2.55. The zero-order chi connectivity index (χ0) is 17.5. The van der Waals surface area contributed by atoms with Crippen LogP contribution < -0.4 is 4.78 Å². The van der Waals surface area contributed by atoms with Gasteiger partial charge in [0.25, 0.3) is 0 Å². The van der Waals surface area contributed by atoms with E-state index < -0.39 is 7.12 Å². The van der Waals surface area contributed by atoms with Gasteiger partial charge in [0, 0.05) is 43.2 Å². The lowest BCUT2D eigenvalue weighted by Crippen LogP contribution is -2.26. The Morgan fingerprint density at radius 3 is 2.28 bits per heavy atom. The molecule has 0 bridgehead atoms. The molecule has 0 saturated carbocycles. The smallest absolute Gasteiger partial charge is 0.423 e. The summed E-state index contributed by atoms with van der Waals surface area (Å²) in [6.07, 6.45) is 0.612. The highest BCUT2D eigenvalue weighted by molar-refractivity contribution is 8.14. The molecule has 2 aromatic carbocycles. The summed E-state index contributed by atoms with van der Waals surface area (Å²) in [4.78, 5) is 12.0. The molecule has 2 N–H and O–H groups in total. The Kier molecular flexibility index (Phi) is 9.81. The van der Waals surface area contributed by atoms with Gasteiger partial charge in [-0.15, -0.1) is 11.3 Å². The second-order valence-corrected chi connectivity index (χ2v) is 7.03. The van der Waals surface area contributed by atoms with E-state index in [1.807, 2.05) is 48.5 Å². The van der Waals surface area contributed by atoms with Gasteiger partial charge in [-0.1, -0.05) is 48.2 Å². The minimum atomic E-state index is -1.35. The summed E-state index contributed by atoms with van der Waals surface area (Å²) < 4.78 is 1.68. The number of thioether (sulfide) groups is 1. The van der Waals surface area contributed by atoms with Gasteiger partial charge < -0.3 is 10.0 Å². The third-order valence-electron chi connectivity index (χ3n) is 3.23. The number of thiophene rings is 1. The van der Waals surface area contributed by atoms with Gasteiger partial charge in [-0.05, 0) is 29.1 Å². The standard InChI is InChI=1S/C8H7BO2S.C8H6OS.S2.H2S/c10-9(11)8-5-6-3-1-2-4-7(6)12-8;9-8-5-6-3-1-2-4-7(6)10-8;1-2;/h1-5,10-11H;1-4H,5H2;;1H2. The van der Waals surface area contributed by atoms with E-state index in [9.17, 15) is 4.79 Å². The molecule has 1 aliphatic rings. The monoisotopic (exact) mass is 426 g/mol. The number of benzene rings is 2. The number of hydrogen-bond donors (Lipinski definition) is 2. The van der Waals surface area contributed by atoms with E-state index in [4.69, 9.17) is 10.0 Å². The zero-order valence-electron chi connectivity index (χ0n) is 12.9. The SMILES string of the molecule is O=C1Cc2ccccc2S1.OB(O)c1cc2ccccc2s1.S.S=S. The summed E-state index contributed by atoms with van der Waals surface area (Å²) in [5.41, 5.74) is 1.18. The van der Waals surface area contributed by atoms with Gasteiger partial charge in [0.15, 0.2) is 5.12 Å². The average molecular weight is 426 g/mol. The van der Waals surface area contributed by atoms with Gasteiger partial charge >= 0.3 is 7.12 Å². The Morgan fingerprint density at radius 2 is 1.64 bits per heavy atom. The van der Waals surface area contributed by atoms with Crippen molar-refractivity contribution in [3.05, 3.63) is 60.2 Å². The van der Waals surface area contributed by atoms with Gasteiger partial charge in [0.05, 0.1) is 0 Å². The van der Waals surface area contributed by atoms with Gasteiger partial charge in [-0.2, -0.15) is 13.5 Å². The summed E-state index contributed by atoms with van der Waals surface area (Å²) in [7, 11) is -1.35. The van der Waals surface area contributed by atoms with Crippen molar-refractivity contribution in [2.75, 3.05) is 0 Å². The van der Waals surface area contributed by atoms with Crippen LogP contribution in [0.1, 0.15) is 5.56 Å². The van der Waals surface area contributed by atoms with Crippen LogP contribution >= 0.6 is 36.6 Å². The van der Waals surface area contributed by atoms with E-state index in [1.54, 1.807) is 6.07 Å². The van der Waals surface area contributed by atoms with Gasteiger partial charge in [0.2, 0.25) is 0 Å². The van der Waals surface area contributed by atoms with Crippen molar-refractivity contribution in [3.8, 4) is 0 Å². The number of rotatable bonds is 1. The van der Waals surface area contributed by atoms with E-state index in [2.05, 4.69) is 22.4 Å². The van der Waals surface area contributed by atoms with Crippen molar-refractivity contribution in [1.82, 2.24) is 0 Å². The van der Waals surface area contributed by atoms with Crippen LogP contribution in [0.25, 0.3) is 10.1 Å². The minimum Gasteiger partial charge on any atom is -0.423 e. The third kappa shape index (κ3) is 6.14. The molecular formula is C16H15BO3S5. The molecule has 2 heterocycles. The Labute approximate surface area is 171 Å². The molecule has 3 aromatic rings. The van der Waals surface area contributed by atoms with Crippen LogP contribution in [0.2, 0.25) is 0 Å². The number of hydrogen-bond acceptors (Lipinski definition) is 7. The molecule has 3 nitrogen and oxygen atoms in total. The summed E-state index contributed by atoms with van der Waals surface area (Å²) in [5.74, 6) is 0. The molecule has 0 spiro atoms. The topological polar surface area (TPSA) is 57.5 Å². The first-order valence-electron chi connectivity index (χ1n) is 6.93. The first-order chi connectivity index (χ1) is 11.6. The lowest BCUT2D eigenvalue weighted by atomic mass is 9.89. The molecular weight excluding hydrogens is 411 g/mol.